The molecule has 0 radical (unpaired) electrons. The molecule has 2 aromatic heterocycles. The van der Waals surface area contributed by atoms with Gasteiger partial charge in [-0.25, -0.2) is 4.79 Å². The number of carbonyl (C=O) groups excluding carboxylic acids is 2. The summed E-state index contributed by atoms with van der Waals surface area (Å²) < 4.78 is 4.91. The zero-order valence-corrected chi connectivity index (χ0v) is 18.2. The van der Waals surface area contributed by atoms with Gasteiger partial charge >= 0.3 is 5.97 Å². The zero-order chi connectivity index (χ0) is 20.0. The molecule has 0 atom stereocenters. The van der Waals surface area contributed by atoms with E-state index in [0.29, 0.717) is 45.8 Å². The Morgan fingerprint density at radius 1 is 1.30 bits per heavy atom. The van der Waals surface area contributed by atoms with Crippen molar-refractivity contribution in [2.75, 3.05) is 25.5 Å². The van der Waals surface area contributed by atoms with Gasteiger partial charge in [0.15, 0.2) is 5.11 Å². The van der Waals surface area contributed by atoms with Crippen molar-refractivity contribution in [3.63, 3.8) is 0 Å². The molecule has 2 heterocycles. The van der Waals surface area contributed by atoms with E-state index >= 15 is 0 Å². The lowest BCUT2D eigenvalue weighted by Crippen LogP contribution is -2.30. The summed E-state index contributed by atoms with van der Waals surface area (Å²) >= 11 is 8.20. The molecular formula is C18H23N3O3S3. The molecule has 2 N–H and O–H groups in total. The molecule has 0 aliphatic heterocycles. The Morgan fingerprint density at radius 3 is 2.56 bits per heavy atom. The fraction of sp³-hybridized carbons (Fsp3) is 0.389. The van der Waals surface area contributed by atoms with Crippen LogP contribution in [0.25, 0.3) is 0 Å². The van der Waals surface area contributed by atoms with E-state index in [1.165, 1.54) is 18.4 Å². The molecule has 6 nitrogen and oxygen atoms in total. The number of carbonyl (C=O) groups is 2. The fourth-order valence-corrected chi connectivity index (χ4v) is 4.59. The number of rotatable bonds is 7. The first-order valence-corrected chi connectivity index (χ1v) is 10.6. The number of methoxy groups -OCH3 is 1. The minimum atomic E-state index is -0.495. The van der Waals surface area contributed by atoms with Crippen LogP contribution in [-0.2, 0) is 11.3 Å². The summed E-state index contributed by atoms with van der Waals surface area (Å²) in [6.07, 6.45) is 0. The van der Waals surface area contributed by atoms with E-state index in [1.54, 1.807) is 23.2 Å². The molecule has 146 valence electrons. The smallest absolute Gasteiger partial charge is 0.341 e. The van der Waals surface area contributed by atoms with E-state index in [9.17, 15) is 9.59 Å². The molecule has 0 aromatic carbocycles. The SMILES string of the molecule is CCN(CC)C(=O)c1sc(NC(=S)NCc2cccs2)c(C(=O)OC)c1C. The number of ether oxygens (including phenoxy) is 1. The molecular weight excluding hydrogens is 402 g/mol. The van der Waals surface area contributed by atoms with Crippen LogP contribution in [-0.4, -0.2) is 42.1 Å². The zero-order valence-electron chi connectivity index (χ0n) is 15.8. The summed E-state index contributed by atoms with van der Waals surface area (Å²) in [7, 11) is 1.32. The second-order valence-electron chi connectivity index (χ2n) is 5.62. The van der Waals surface area contributed by atoms with E-state index in [1.807, 2.05) is 31.4 Å². The number of hydrogen-bond acceptors (Lipinski definition) is 6. The first-order chi connectivity index (χ1) is 12.9. The van der Waals surface area contributed by atoms with Crippen LogP contribution in [0.1, 0.15) is 44.3 Å². The largest absolute Gasteiger partial charge is 0.465 e. The number of thiocarbonyl (C=S) groups is 1. The van der Waals surface area contributed by atoms with Crippen molar-refractivity contribution >= 4 is 56.9 Å². The Bertz CT molecular complexity index is 811. The molecule has 2 rings (SSSR count). The third-order valence-electron chi connectivity index (χ3n) is 4.01. The Morgan fingerprint density at radius 2 is 2.00 bits per heavy atom. The lowest BCUT2D eigenvalue weighted by molar-refractivity contribution is 0.0601. The number of amides is 1. The quantitative estimate of drug-likeness (QED) is 0.518. The average Bonchev–Trinajstić information content (AvgIpc) is 3.28. The monoisotopic (exact) mass is 425 g/mol. The molecule has 0 aliphatic carbocycles. The first-order valence-electron chi connectivity index (χ1n) is 8.51. The summed E-state index contributed by atoms with van der Waals surface area (Å²) in [5.74, 6) is -0.593. The lowest BCUT2D eigenvalue weighted by atomic mass is 10.1. The van der Waals surface area contributed by atoms with Crippen LogP contribution in [0.4, 0.5) is 5.00 Å². The predicted molar refractivity (Wildman–Crippen MR) is 115 cm³/mol. The van der Waals surface area contributed by atoms with E-state index in [0.717, 1.165) is 4.88 Å². The first kappa shape index (κ1) is 21.3. The minimum absolute atomic E-state index is 0.0989. The number of nitrogens with zero attached hydrogens (tertiary/aromatic N) is 1. The van der Waals surface area contributed by atoms with Crippen molar-refractivity contribution in [2.24, 2.45) is 0 Å². The Kier molecular flexibility index (Phi) is 7.76. The maximum Gasteiger partial charge on any atom is 0.341 e. The van der Waals surface area contributed by atoms with Crippen LogP contribution in [0, 0.1) is 6.92 Å². The molecule has 2 aromatic rings. The summed E-state index contributed by atoms with van der Waals surface area (Å²) in [6.45, 7) is 7.40. The molecule has 0 saturated heterocycles. The molecule has 0 aliphatic rings. The van der Waals surface area contributed by atoms with Crippen molar-refractivity contribution in [3.05, 3.63) is 38.4 Å². The van der Waals surface area contributed by atoms with Gasteiger partial charge in [0.25, 0.3) is 5.91 Å². The number of thiophene rings is 2. The highest BCUT2D eigenvalue weighted by Gasteiger charge is 2.27. The third kappa shape index (κ3) is 5.06. The van der Waals surface area contributed by atoms with Gasteiger partial charge in [0.2, 0.25) is 0 Å². The van der Waals surface area contributed by atoms with Crippen LogP contribution in [0.3, 0.4) is 0 Å². The minimum Gasteiger partial charge on any atom is -0.465 e. The van der Waals surface area contributed by atoms with Gasteiger partial charge in [-0.1, -0.05) is 6.07 Å². The van der Waals surface area contributed by atoms with Gasteiger partial charge in [-0.2, -0.15) is 0 Å². The van der Waals surface area contributed by atoms with Crippen molar-refractivity contribution < 1.29 is 14.3 Å². The Hall–Kier alpha value is -1.97. The van der Waals surface area contributed by atoms with Crippen molar-refractivity contribution in [1.82, 2.24) is 10.2 Å². The van der Waals surface area contributed by atoms with Gasteiger partial charge in [-0.15, -0.1) is 22.7 Å². The standard InChI is InChI=1S/C18H23N3O3S3/c1-5-21(6-2)16(22)14-11(3)13(17(23)24-4)15(27-14)20-18(25)19-10-12-8-7-9-26-12/h7-9H,5-6,10H2,1-4H3,(H2,19,20,25). The number of hydrogen-bond donors (Lipinski definition) is 2. The van der Waals surface area contributed by atoms with Crippen LogP contribution in [0.2, 0.25) is 0 Å². The molecule has 9 heteroatoms. The van der Waals surface area contributed by atoms with Crippen molar-refractivity contribution in [1.29, 1.82) is 0 Å². The maximum atomic E-state index is 12.8. The molecule has 0 unspecified atom stereocenters. The maximum absolute atomic E-state index is 12.8. The topological polar surface area (TPSA) is 70.7 Å². The summed E-state index contributed by atoms with van der Waals surface area (Å²) in [6, 6.07) is 3.98. The van der Waals surface area contributed by atoms with Crippen molar-refractivity contribution in [2.45, 2.75) is 27.3 Å². The fourth-order valence-electron chi connectivity index (χ4n) is 2.54. The molecule has 27 heavy (non-hydrogen) atoms. The summed E-state index contributed by atoms with van der Waals surface area (Å²) in [4.78, 5) is 28.4. The van der Waals surface area contributed by atoms with Gasteiger partial charge in [-0.3, -0.25) is 4.79 Å². The number of esters is 1. The predicted octanol–water partition coefficient (Wildman–Crippen LogP) is 3.87. The summed E-state index contributed by atoms with van der Waals surface area (Å²) in [5, 5.41) is 9.06. The lowest BCUT2D eigenvalue weighted by Gasteiger charge is -2.17. The van der Waals surface area contributed by atoms with E-state index in [2.05, 4.69) is 10.6 Å². The van der Waals surface area contributed by atoms with Gasteiger partial charge in [0, 0.05) is 18.0 Å². The number of nitrogens with one attached hydrogen (secondary N) is 2. The Balaban J connectivity index is 2.25. The van der Waals surface area contributed by atoms with Crippen LogP contribution >= 0.6 is 34.9 Å². The van der Waals surface area contributed by atoms with E-state index < -0.39 is 5.97 Å². The van der Waals surface area contributed by atoms with Gasteiger partial charge in [-0.05, 0) is 50.0 Å². The van der Waals surface area contributed by atoms with Crippen LogP contribution < -0.4 is 10.6 Å². The van der Waals surface area contributed by atoms with E-state index in [-0.39, 0.29) is 5.91 Å². The van der Waals surface area contributed by atoms with Gasteiger partial charge in [0.1, 0.15) is 5.00 Å². The molecule has 1 amide bonds. The van der Waals surface area contributed by atoms with Crippen LogP contribution in [0.5, 0.6) is 0 Å². The van der Waals surface area contributed by atoms with Gasteiger partial charge < -0.3 is 20.3 Å². The summed E-state index contributed by atoms with van der Waals surface area (Å²) in [5.41, 5.74) is 0.950. The van der Waals surface area contributed by atoms with Crippen molar-refractivity contribution in [3.8, 4) is 0 Å². The highest BCUT2D eigenvalue weighted by molar-refractivity contribution is 7.80. The normalized spacial score (nSPS) is 10.4. The number of anilines is 1. The second-order valence-corrected chi connectivity index (χ2v) is 8.08. The Labute approximate surface area is 172 Å². The highest BCUT2D eigenvalue weighted by atomic mass is 32.1. The molecule has 0 bridgehead atoms. The van der Waals surface area contributed by atoms with Gasteiger partial charge in [0.05, 0.1) is 24.1 Å². The molecule has 0 fully saturated rings. The van der Waals surface area contributed by atoms with E-state index in [4.69, 9.17) is 17.0 Å². The second kappa shape index (κ2) is 9.82. The van der Waals surface area contributed by atoms with Crippen LogP contribution in [0.15, 0.2) is 17.5 Å². The molecule has 0 spiro atoms. The molecule has 0 saturated carbocycles. The highest BCUT2D eigenvalue weighted by Crippen LogP contribution is 2.34. The third-order valence-corrected chi connectivity index (χ3v) is 6.33. The average molecular weight is 426 g/mol.